The fourth-order valence-corrected chi connectivity index (χ4v) is 3.67. The molecule has 0 spiro atoms. The predicted molar refractivity (Wildman–Crippen MR) is 94.1 cm³/mol. The van der Waals surface area contributed by atoms with E-state index in [0.717, 1.165) is 12.8 Å². The van der Waals surface area contributed by atoms with Crippen LogP contribution in [0, 0.1) is 34.8 Å². The number of nitro groups is 1. The first-order chi connectivity index (χ1) is 12.8. The van der Waals surface area contributed by atoms with Crippen LogP contribution in [0.25, 0.3) is 0 Å². The highest BCUT2D eigenvalue weighted by Crippen LogP contribution is 2.44. The zero-order valence-electron chi connectivity index (χ0n) is 14.9. The zero-order valence-corrected chi connectivity index (χ0v) is 14.9. The second-order valence-electron chi connectivity index (χ2n) is 7.19. The van der Waals surface area contributed by atoms with E-state index in [0.29, 0.717) is 18.0 Å². The number of rotatable bonds is 6. The standard InChI is InChI=1S/C18H21N3O6/c1-10-6-12(4-5-15(10)21(26)27)17(23)19-7-16(22)20-8-13(11-2-3-11)14(9-20)18(24)25/h4-6,11,13-14H,2-3,7-9H2,1H3,(H,19,23)(H,24,25)/t13-,14+/m1/s1. The molecule has 0 bridgehead atoms. The first-order valence-electron chi connectivity index (χ1n) is 8.81. The van der Waals surface area contributed by atoms with Gasteiger partial charge in [0.2, 0.25) is 5.91 Å². The molecule has 1 aliphatic heterocycles. The van der Waals surface area contributed by atoms with E-state index in [1.165, 1.54) is 30.0 Å². The van der Waals surface area contributed by atoms with Crippen molar-refractivity contribution in [1.82, 2.24) is 10.2 Å². The maximum atomic E-state index is 12.4. The van der Waals surface area contributed by atoms with Gasteiger partial charge in [0.05, 0.1) is 17.4 Å². The van der Waals surface area contributed by atoms with E-state index in [1.807, 2.05) is 0 Å². The molecule has 2 amide bonds. The van der Waals surface area contributed by atoms with Gasteiger partial charge in [-0.3, -0.25) is 24.5 Å². The van der Waals surface area contributed by atoms with Crippen molar-refractivity contribution < 1.29 is 24.4 Å². The number of nitrogens with zero attached hydrogens (tertiary/aromatic N) is 2. The van der Waals surface area contributed by atoms with Crippen LogP contribution in [-0.4, -0.2) is 52.3 Å². The van der Waals surface area contributed by atoms with Crippen molar-refractivity contribution in [3.05, 3.63) is 39.4 Å². The second-order valence-corrected chi connectivity index (χ2v) is 7.19. The number of carbonyl (C=O) groups is 3. The predicted octanol–water partition coefficient (Wildman–Crippen LogP) is 1.20. The first-order valence-corrected chi connectivity index (χ1v) is 8.81. The number of likely N-dealkylation sites (tertiary alicyclic amines) is 1. The summed E-state index contributed by atoms with van der Waals surface area (Å²) >= 11 is 0. The monoisotopic (exact) mass is 375 g/mol. The van der Waals surface area contributed by atoms with Crippen molar-refractivity contribution in [2.45, 2.75) is 19.8 Å². The maximum absolute atomic E-state index is 12.4. The van der Waals surface area contributed by atoms with E-state index in [1.54, 1.807) is 0 Å². The number of aryl methyl sites for hydroxylation is 1. The normalized spacial score (nSPS) is 21.7. The van der Waals surface area contributed by atoms with Gasteiger partial charge in [0.15, 0.2) is 0 Å². The lowest BCUT2D eigenvalue weighted by atomic mass is 9.92. The highest BCUT2D eigenvalue weighted by atomic mass is 16.6. The summed E-state index contributed by atoms with van der Waals surface area (Å²) in [5.41, 5.74) is 0.507. The molecule has 2 fully saturated rings. The average Bonchev–Trinajstić information content (AvgIpc) is 3.36. The Morgan fingerprint density at radius 3 is 2.56 bits per heavy atom. The lowest BCUT2D eigenvalue weighted by Gasteiger charge is -2.16. The van der Waals surface area contributed by atoms with Crippen molar-refractivity contribution in [3.63, 3.8) is 0 Å². The van der Waals surface area contributed by atoms with Crippen LogP contribution in [0.1, 0.15) is 28.8 Å². The fraction of sp³-hybridized carbons (Fsp3) is 0.500. The van der Waals surface area contributed by atoms with Gasteiger partial charge in [-0.15, -0.1) is 0 Å². The third-order valence-corrected chi connectivity index (χ3v) is 5.32. The average molecular weight is 375 g/mol. The molecular formula is C18H21N3O6. The summed E-state index contributed by atoms with van der Waals surface area (Å²) in [5.74, 6) is -1.89. The van der Waals surface area contributed by atoms with Crippen LogP contribution in [0.15, 0.2) is 18.2 Å². The van der Waals surface area contributed by atoms with Crippen molar-refractivity contribution in [3.8, 4) is 0 Å². The highest BCUT2D eigenvalue weighted by molar-refractivity contribution is 5.97. The minimum Gasteiger partial charge on any atom is -0.481 e. The van der Waals surface area contributed by atoms with Gasteiger partial charge in [0.1, 0.15) is 0 Å². The number of hydrogen-bond acceptors (Lipinski definition) is 5. The molecule has 9 heteroatoms. The van der Waals surface area contributed by atoms with Gasteiger partial charge in [0, 0.05) is 30.3 Å². The molecule has 144 valence electrons. The summed E-state index contributed by atoms with van der Waals surface area (Å²) < 4.78 is 0. The number of carbonyl (C=O) groups excluding carboxylic acids is 2. The molecule has 3 rings (SSSR count). The Balaban J connectivity index is 1.57. The molecule has 1 saturated carbocycles. The molecular weight excluding hydrogens is 354 g/mol. The van der Waals surface area contributed by atoms with Gasteiger partial charge in [-0.05, 0) is 43.7 Å². The Kier molecular flexibility index (Phi) is 5.11. The quantitative estimate of drug-likeness (QED) is 0.568. The number of nitro benzene ring substituents is 1. The van der Waals surface area contributed by atoms with Crippen LogP contribution < -0.4 is 5.32 Å². The van der Waals surface area contributed by atoms with Crippen molar-refractivity contribution in [2.24, 2.45) is 17.8 Å². The van der Waals surface area contributed by atoms with Crippen molar-refractivity contribution in [2.75, 3.05) is 19.6 Å². The number of aliphatic carboxylic acids is 1. The van der Waals surface area contributed by atoms with Crippen molar-refractivity contribution in [1.29, 1.82) is 0 Å². The van der Waals surface area contributed by atoms with Gasteiger partial charge < -0.3 is 15.3 Å². The second kappa shape index (κ2) is 7.34. The first kappa shape index (κ1) is 18.8. The lowest BCUT2D eigenvalue weighted by Crippen LogP contribution is -2.39. The Labute approximate surface area is 155 Å². The summed E-state index contributed by atoms with van der Waals surface area (Å²) in [6.07, 6.45) is 2.01. The van der Waals surface area contributed by atoms with E-state index in [9.17, 15) is 29.6 Å². The summed E-state index contributed by atoms with van der Waals surface area (Å²) in [6, 6.07) is 3.99. The molecule has 1 heterocycles. The largest absolute Gasteiger partial charge is 0.481 e. The van der Waals surface area contributed by atoms with Crippen LogP contribution >= 0.6 is 0 Å². The van der Waals surface area contributed by atoms with Crippen LogP contribution in [-0.2, 0) is 9.59 Å². The van der Waals surface area contributed by atoms with Gasteiger partial charge in [-0.25, -0.2) is 0 Å². The molecule has 0 radical (unpaired) electrons. The van der Waals surface area contributed by atoms with Gasteiger partial charge in [-0.1, -0.05) is 0 Å². The Bertz CT molecular complexity index is 804. The molecule has 27 heavy (non-hydrogen) atoms. The summed E-state index contributed by atoms with van der Waals surface area (Å²) in [4.78, 5) is 47.8. The lowest BCUT2D eigenvalue weighted by molar-refractivity contribution is -0.385. The third-order valence-electron chi connectivity index (χ3n) is 5.32. The molecule has 0 unspecified atom stereocenters. The van der Waals surface area contributed by atoms with Crippen molar-refractivity contribution >= 4 is 23.5 Å². The zero-order chi connectivity index (χ0) is 19.7. The highest BCUT2D eigenvalue weighted by Gasteiger charge is 2.46. The summed E-state index contributed by atoms with van der Waals surface area (Å²) in [6.45, 7) is 1.88. The molecule has 1 saturated heterocycles. The van der Waals surface area contributed by atoms with Gasteiger partial charge >= 0.3 is 5.97 Å². The van der Waals surface area contributed by atoms with Crippen LogP contribution in [0.5, 0.6) is 0 Å². The molecule has 2 aliphatic rings. The number of nitrogens with one attached hydrogen (secondary N) is 1. The van der Waals surface area contributed by atoms with E-state index in [4.69, 9.17) is 0 Å². The molecule has 2 atom stereocenters. The molecule has 9 nitrogen and oxygen atoms in total. The summed E-state index contributed by atoms with van der Waals surface area (Å²) in [5, 5.41) is 22.7. The Hall–Kier alpha value is -2.97. The molecule has 1 aromatic carbocycles. The van der Waals surface area contributed by atoms with Gasteiger partial charge in [0.25, 0.3) is 11.6 Å². The number of carboxylic acids is 1. The number of benzene rings is 1. The smallest absolute Gasteiger partial charge is 0.308 e. The maximum Gasteiger partial charge on any atom is 0.308 e. The minimum absolute atomic E-state index is 0.0144. The van der Waals surface area contributed by atoms with Gasteiger partial charge in [-0.2, -0.15) is 0 Å². The summed E-state index contributed by atoms with van der Waals surface area (Å²) in [7, 11) is 0. The topological polar surface area (TPSA) is 130 Å². The van der Waals surface area contributed by atoms with Crippen LogP contribution in [0.2, 0.25) is 0 Å². The fourth-order valence-electron chi connectivity index (χ4n) is 3.67. The van der Waals surface area contributed by atoms with Crippen LogP contribution in [0.3, 0.4) is 0 Å². The van der Waals surface area contributed by atoms with E-state index in [2.05, 4.69) is 5.32 Å². The van der Waals surface area contributed by atoms with E-state index >= 15 is 0 Å². The molecule has 1 aromatic rings. The Morgan fingerprint density at radius 2 is 2.00 bits per heavy atom. The minimum atomic E-state index is -0.882. The molecule has 1 aliphatic carbocycles. The number of hydrogen-bond donors (Lipinski definition) is 2. The van der Waals surface area contributed by atoms with E-state index in [-0.39, 0.29) is 36.2 Å². The van der Waals surface area contributed by atoms with Crippen LogP contribution in [0.4, 0.5) is 5.69 Å². The SMILES string of the molecule is Cc1cc(C(=O)NCC(=O)N2C[C@H](C(=O)O)[C@@H](C3CC3)C2)ccc1[N+](=O)[O-]. The number of carboxylic acid groups (broad SMARTS) is 1. The third kappa shape index (κ3) is 4.07. The number of amides is 2. The Morgan fingerprint density at radius 1 is 1.30 bits per heavy atom. The van der Waals surface area contributed by atoms with E-state index < -0.39 is 22.7 Å². The molecule has 2 N–H and O–H groups in total. The molecule has 0 aromatic heterocycles.